The summed E-state index contributed by atoms with van der Waals surface area (Å²) in [6, 6.07) is 8.09. The molecule has 26 heavy (non-hydrogen) atoms. The molecule has 138 valence electrons. The number of nitrogens with one attached hydrogen (secondary N) is 1. The molecule has 0 heterocycles. The maximum absolute atomic E-state index is 13.5. The Morgan fingerprint density at radius 2 is 1.50 bits per heavy atom. The number of benzene rings is 2. The van der Waals surface area contributed by atoms with E-state index >= 15 is 0 Å². The lowest BCUT2D eigenvalue weighted by Gasteiger charge is -2.18. The van der Waals surface area contributed by atoms with Gasteiger partial charge in [0.05, 0.1) is 0 Å². The van der Waals surface area contributed by atoms with Crippen molar-refractivity contribution in [3.63, 3.8) is 0 Å². The Bertz CT molecular complexity index is 775. The third-order valence-electron chi connectivity index (χ3n) is 3.33. The molecule has 8 heteroatoms. The Morgan fingerprint density at radius 3 is 2.08 bits per heavy atom. The molecule has 2 aromatic carbocycles. The van der Waals surface area contributed by atoms with E-state index in [1.807, 2.05) is 5.32 Å². The highest BCUT2D eigenvalue weighted by Crippen LogP contribution is 2.19. The predicted molar refractivity (Wildman–Crippen MR) is 87.0 cm³/mol. The molecule has 0 spiro atoms. The fraction of sp³-hybridized carbons (Fsp3) is 0.222. The lowest BCUT2D eigenvalue weighted by molar-refractivity contribution is -0.159. The van der Waals surface area contributed by atoms with Crippen LogP contribution in [0.25, 0.3) is 0 Å². The summed E-state index contributed by atoms with van der Waals surface area (Å²) in [5.41, 5.74) is -0.629. The number of anilines is 1. The van der Waals surface area contributed by atoms with Crippen LogP contribution in [0.15, 0.2) is 42.5 Å². The van der Waals surface area contributed by atoms with Gasteiger partial charge in [-0.3, -0.25) is 4.79 Å². The summed E-state index contributed by atoms with van der Waals surface area (Å²) < 4.78 is 50.1. The first-order chi connectivity index (χ1) is 12.3. The first kappa shape index (κ1) is 19.3. The average molecular weight is 367 g/mol. The van der Waals surface area contributed by atoms with Crippen LogP contribution in [0.2, 0.25) is 0 Å². The zero-order valence-corrected chi connectivity index (χ0v) is 14.0. The molecule has 0 radical (unpaired) electrons. The van der Waals surface area contributed by atoms with Crippen molar-refractivity contribution in [2.24, 2.45) is 0 Å². The second-order valence-corrected chi connectivity index (χ2v) is 5.38. The molecule has 0 unspecified atom stereocenters. The number of hydrogen-bond donors (Lipinski definition) is 1. The number of hydrogen-bond acceptors (Lipinski definition) is 4. The van der Waals surface area contributed by atoms with E-state index in [9.17, 15) is 22.8 Å². The molecule has 0 bridgehead atoms. The maximum Gasteiger partial charge on any atom is 0.347 e. The Kier molecular flexibility index (Phi) is 6.21. The number of halogens is 3. The Hall–Kier alpha value is -3.03. The van der Waals surface area contributed by atoms with Gasteiger partial charge in [-0.25, -0.2) is 18.0 Å². The number of ether oxygens (including phenoxy) is 2. The SMILES string of the molecule is C[C@H](OC(=O)[C@@H](C)Oc1ccc(F)cc1)C(=O)Nc1c(F)cccc1F. The van der Waals surface area contributed by atoms with E-state index in [4.69, 9.17) is 9.47 Å². The molecule has 2 atom stereocenters. The van der Waals surface area contributed by atoms with E-state index in [-0.39, 0.29) is 5.75 Å². The topological polar surface area (TPSA) is 64.6 Å². The van der Waals surface area contributed by atoms with E-state index < -0.39 is 47.2 Å². The molecule has 2 rings (SSSR count). The quantitative estimate of drug-likeness (QED) is 0.795. The van der Waals surface area contributed by atoms with Gasteiger partial charge in [0, 0.05) is 0 Å². The van der Waals surface area contributed by atoms with E-state index in [2.05, 4.69) is 0 Å². The minimum absolute atomic E-state index is 0.237. The zero-order valence-electron chi connectivity index (χ0n) is 14.0. The van der Waals surface area contributed by atoms with Gasteiger partial charge in [-0.05, 0) is 50.2 Å². The molecule has 0 saturated heterocycles. The smallest absolute Gasteiger partial charge is 0.347 e. The molecule has 1 N–H and O–H groups in total. The van der Waals surface area contributed by atoms with Gasteiger partial charge in [0.25, 0.3) is 5.91 Å². The Labute approximate surface area is 147 Å². The minimum atomic E-state index is -1.32. The van der Waals surface area contributed by atoms with Crippen LogP contribution < -0.4 is 10.1 Å². The van der Waals surface area contributed by atoms with Crippen molar-refractivity contribution >= 4 is 17.6 Å². The normalized spacial score (nSPS) is 12.8. The van der Waals surface area contributed by atoms with Gasteiger partial charge >= 0.3 is 5.97 Å². The van der Waals surface area contributed by atoms with Gasteiger partial charge in [0.1, 0.15) is 28.9 Å². The highest BCUT2D eigenvalue weighted by molar-refractivity contribution is 5.95. The molecule has 0 aliphatic rings. The molecule has 0 aromatic heterocycles. The standard InChI is InChI=1S/C18H16F3NO4/c1-10(17(23)22-16-14(20)4-3-5-15(16)21)26-18(24)11(2)25-13-8-6-12(19)7-9-13/h3-11H,1-2H3,(H,22,23)/t10-,11+/m0/s1. The summed E-state index contributed by atoms with van der Waals surface area (Å²) in [5, 5.41) is 2.03. The number of para-hydroxylation sites is 1. The van der Waals surface area contributed by atoms with Crippen LogP contribution in [0.5, 0.6) is 5.75 Å². The molecular weight excluding hydrogens is 351 g/mol. The van der Waals surface area contributed by atoms with Crippen LogP contribution in [0.4, 0.5) is 18.9 Å². The average Bonchev–Trinajstić information content (AvgIpc) is 2.59. The molecule has 0 aliphatic carbocycles. The predicted octanol–water partition coefficient (Wildman–Crippen LogP) is 3.44. The Balaban J connectivity index is 1.93. The highest BCUT2D eigenvalue weighted by atomic mass is 19.1. The van der Waals surface area contributed by atoms with Gasteiger partial charge in [0.15, 0.2) is 12.2 Å². The molecule has 0 aliphatic heterocycles. The number of rotatable bonds is 6. The van der Waals surface area contributed by atoms with Gasteiger partial charge in [-0.15, -0.1) is 0 Å². The lowest BCUT2D eigenvalue weighted by atomic mass is 10.2. The van der Waals surface area contributed by atoms with Gasteiger partial charge in [0.2, 0.25) is 0 Å². The molecule has 0 fully saturated rings. The summed E-state index contributed by atoms with van der Waals surface area (Å²) >= 11 is 0. The third kappa shape index (κ3) is 4.98. The first-order valence-electron chi connectivity index (χ1n) is 7.65. The van der Waals surface area contributed by atoms with Gasteiger partial charge < -0.3 is 14.8 Å². The van der Waals surface area contributed by atoms with Gasteiger partial charge in [-0.2, -0.15) is 0 Å². The fourth-order valence-electron chi connectivity index (χ4n) is 1.93. The van der Waals surface area contributed by atoms with E-state index in [0.29, 0.717) is 0 Å². The van der Waals surface area contributed by atoms with Crippen molar-refractivity contribution in [1.82, 2.24) is 0 Å². The maximum atomic E-state index is 13.5. The monoisotopic (exact) mass is 367 g/mol. The van der Waals surface area contributed by atoms with Crippen LogP contribution in [0.3, 0.4) is 0 Å². The molecular formula is C18H16F3NO4. The molecule has 0 saturated carbocycles. The van der Waals surface area contributed by atoms with Crippen LogP contribution >= 0.6 is 0 Å². The van der Waals surface area contributed by atoms with Crippen molar-refractivity contribution in [2.45, 2.75) is 26.1 Å². The van der Waals surface area contributed by atoms with Crippen molar-refractivity contribution in [1.29, 1.82) is 0 Å². The van der Waals surface area contributed by atoms with E-state index in [1.54, 1.807) is 0 Å². The number of carbonyl (C=O) groups excluding carboxylic acids is 2. The molecule has 1 amide bonds. The van der Waals surface area contributed by atoms with Crippen LogP contribution in [0.1, 0.15) is 13.8 Å². The summed E-state index contributed by atoms with van der Waals surface area (Å²) in [5.74, 6) is -3.91. The summed E-state index contributed by atoms with van der Waals surface area (Å²) in [6.45, 7) is 2.63. The van der Waals surface area contributed by atoms with Gasteiger partial charge in [-0.1, -0.05) is 6.07 Å². The molecule has 2 aromatic rings. The van der Waals surface area contributed by atoms with Crippen LogP contribution in [-0.2, 0) is 14.3 Å². The first-order valence-corrected chi connectivity index (χ1v) is 7.65. The highest BCUT2D eigenvalue weighted by Gasteiger charge is 2.24. The summed E-state index contributed by atoms with van der Waals surface area (Å²) in [4.78, 5) is 23.9. The number of carbonyl (C=O) groups is 2. The number of amides is 1. The fourth-order valence-corrected chi connectivity index (χ4v) is 1.93. The zero-order chi connectivity index (χ0) is 19.3. The van der Waals surface area contributed by atoms with Crippen LogP contribution in [-0.4, -0.2) is 24.1 Å². The summed E-state index contributed by atoms with van der Waals surface area (Å²) in [6.07, 6.45) is -2.40. The van der Waals surface area contributed by atoms with Crippen molar-refractivity contribution in [2.75, 3.05) is 5.32 Å². The van der Waals surface area contributed by atoms with E-state index in [1.165, 1.54) is 26.0 Å². The second kappa shape index (κ2) is 8.37. The Morgan fingerprint density at radius 1 is 0.923 bits per heavy atom. The lowest BCUT2D eigenvalue weighted by Crippen LogP contribution is -2.35. The number of esters is 1. The molecule has 5 nitrogen and oxygen atoms in total. The minimum Gasteiger partial charge on any atom is -0.479 e. The van der Waals surface area contributed by atoms with E-state index in [0.717, 1.165) is 30.3 Å². The third-order valence-corrected chi connectivity index (χ3v) is 3.33. The second-order valence-electron chi connectivity index (χ2n) is 5.38. The van der Waals surface area contributed by atoms with Crippen molar-refractivity contribution in [3.8, 4) is 5.75 Å². The summed E-state index contributed by atoms with van der Waals surface area (Å²) in [7, 11) is 0. The van der Waals surface area contributed by atoms with Crippen molar-refractivity contribution < 1.29 is 32.2 Å². The van der Waals surface area contributed by atoms with Crippen LogP contribution in [0, 0.1) is 17.5 Å². The largest absolute Gasteiger partial charge is 0.479 e. The van der Waals surface area contributed by atoms with Crippen molar-refractivity contribution in [3.05, 3.63) is 59.9 Å².